The molecule has 8 heteroatoms. The normalized spacial score (nSPS) is 11.8. The summed E-state index contributed by atoms with van der Waals surface area (Å²) in [6, 6.07) is 2.11. The number of H-pyrrole nitrogens is 1. The van der Waals surface area contributed by atoms with Gasteiger partial charge in [0.25, 0.3) is 0 Å². The molecule has 2 aromatic rings. The zero-order valence-electron chi connectivity index (χ0n) is 11.1. The van der Waals surface area contributed by atoms with Crippen LogP contribution in [0.4, 0.5) is 13.2 Å². The maximum atomic E-state index is 12.6. The van der Waals surface area contributed by atoms with Gasteiger partial charge in [0, 0.05) is 6.07 Å². The smallest absolute Gasteiger partial charge is 0.449 e. The lowest BCUT2D eigenvalue weighted by Crippen LogP contribution is -2.08. The van der Waals surface area contributed by atoms with Crippen molar-refractivity contribution in [1.29, 1.82) is 0 Å². The number of fused-ring (bicyclic) bond motifs is 1. The van der Waals surface area contributed by atoms with E-state index in [2.05, 4.69) is 4.98 Å². The van der Waals surface area contributed by atoms with Crippen LogP contribution in [0.25, 0.3) is 11.0 Å². The minimum Gasteiger partial charge on any atom is -0.508 e. The second-order valence-electron chi connectivity index (χ2n) is 4.46. The van der Waals surface area contributed by atoms with Gasteiger partial charge >= 0.3 is 12.1 Å². The van der Waals surface area contributed by atoms with Crippen molar-refractivity contribution in [2.24, 2.45) is 0 Å². The van der Waals surface area contributed by atoms with Crippen molar-refractivity contribution in [1.82, 2.24) is 9.97 Å². The van der Waals surface area contributed by atoms with E-state index in [1.807, 2.05) is 11.9 Å². The summed E-state index contributed by atoms with van der Waals surface area (Å²) >= 11 is 0. The van der Waals surface area contributed by atoms with E-state index in [1.54, 1.807) is 0 Å². The highest BCUT2D eigenvalue weighted by atomic mass is 19.4. The number of alkyl halides is 3. The van der Waals surface area contributed by atoms with Gasteiger partial charge in [0.1, 0.15) is 11.3 Å². The van der Waals surface area contributed by atoms with Gasteiger partial charge in [-0.05, 0) is 12.5 Å². The Hall–Kier alpha value is -2.25. The number of carbonyl (C=O) groups excluding carboxylic acids is 1. The van der Waals surface area contributed by atoms with Gasteiger partial charge < -0.3 is 14.8 Å². The first-order valence-electron chi connectivity index (χ1n) is 6.30. The van der Waals surface area contributed by atoms with E-state index in [0.29, 0.717) is 6.42 Å². The summed E-state index contributed by atoms with van der Waals surface area (Å²) in [4.78, 5) is 17.3. The zero-order chi connectivity index (χ0) is 15.6. The fourth-order valence-electron chi connectivity index (χ4n) is 1.78. The van der Waals surface area contributed by atoms with Crippen molar-refractivity contribution in [2.75, 3.05) is 6.61 Å². The first-order chi connectivity index (χ1) is 9.82. The third kappa shape index (κ3) is 3.26. The standard InChI is InChI=1S/C13H13F3N2O3/c1-2-3-4-21-11(20)8-5-7(19)6-9-10(8)18-12(17-9)13(14,15)16/h5-6,19H,2-4H2,1H3,(H,17,18). The molecular formula is C13H13F3N2O3. The number of aromatic amines is 1. The second kappa shape index (κ2) is 5.63. The molecule has 0 aliphatic carbocycles. The quantitative estimate of drug-likeness (QED) is 0.671. The van der Waals surface area contributed by atoms with Crippen LogP contribution in [0.5, 0.6) is 5.75 Å². The van der Waals surface area contributed by atoms with Crippen molar-refractivity contribution < 1.29 is 27.8 Å². The topological polar surface area (TPSA) is 75.2 Å². The number of aromatic nitrogens is 2. The fraction of sp³-hybridized carbons (Fsp3) is 0.385. The van der Waals surface area contributed by atoms with Gasteiger partial charge in [-0.1, -0.05) is 13.3 Å². The number of benzene rings is 1. The van der Waals surface area contributed by atoms with Crippen LogP contribution in [0.3, 0.4) is 0 Å². The molecule has 0 aliphatic heterocycles. The number of aromatic hydroxyl groups is 1. The summed E-state index contributed by atoms with van der Waals surface area (Å²) in [5.74, 6) is -2.39. The van der Waals surface area contributed by atoms with Crippen LogP contribution >= 0.6 is 0 Å². The average molecular weight is 302 g/mol. The fourth-order valence-corrected chi connectivity index (χ4v) is 1.78. The number of nitrogens with one attached hydrogen (secondary N) is 1. The van der Waals surface area contributed by atoms with E-state index >= 15 is 0 Å². The predicted octanol–water partition coefficient (Wildman–Crippen LogP) is 3.24. The number of phenols is 1. The molecule has 0 saturated heterocycles. The van der Waals surface area contributed by atoms with E-state index in [0.717, 1.165) is 18.6 Å². The number of esters is 1. The number of nitrogens with zero attached hydrogens (tertiary/aromatic N) is 1. The van der Waals surface area contributed by atoms with Gasteiger partial charge in [-0.3, -0.25) is 0 Å². The van der Waals surface area contributed by atoms with Crippen molar-refractivity contribution >= 4 is 17.0 Å². The summed E-state index contributed by atoms with van der Waals surface area (Å²) in [5.41, 5.74) is -0.459. The Kier molecular flexibility index (Phi) is 4.06. The Morgan fingerprint density at radius 3 is 2.76 bits per heavy atom. The maximum absolute atomic E-state index is 12.6. The first kappa shape index (κ1) is 15.1. The zero-order valence-corrected chi connectivity index (χ0v) is 11.1. The molecule has 0 fully saturated rings. The Labute approximate surface area is 117 Å². The van der Waals surface area contributed by atoms with Gasteiger partial charge in [0.15, 0.2) is 0 Å². The lowest BCUT2D eigenvalue weighted by Gasteiger charge is -2.05. The molecule has 0 aliphatic rings. The van der Waals surface area contributed by atoms with Gasteiger partial charge in [-0.2, -0.15) is 13.2 Å². The molecule has 2 rings (SSSR count). The van der Waals surface area contributed by atoms with Crippen LogP contribution in [0.2, 0.25) is 0 Å². The largest absolute Gasteiger partial charge is 0.508 e. The van der Waals surface area contributed by atoms with E-state index < -0.39 is 18.0 Å². The molecule has 114 valence electrons. The summed E-state index contributed by atoms with van der Waals surface area (Å²) in [6.07, 6.45) is -3.22. The van der Waals surface area contributed by atoms with Crippen LogP contribution in [0.1, 0.15) is 35.9 Å². The molecular weight excluding hydrogens is 289 g/mol. The SMILES string of the molecule is CCCCOC(=O)c1cc(O)cc2[nH]c(C(F)(F)F)nc12. The van der Waals surface area contributed by atoms with Crippen LogP contribution < -0.4 is 0 Å². The molecule has 0 spiro atoms. The van der Waals surface area contributed by atoms with Crippen LogP contribution in [0.15, 0.2) is 12.1 Å². The molecule has 21 heavy (non-hydrogen) atoms. The summed E-state index contributed by atoms with van der Waals surface area (Å²) in [7, 11) is 0. The number of rotatable bonds is 4. The number of carbonyl (C=O) groups is 1. The van der Waals surface area contributed by atoms with E-state index in [-0.39, 0.29) is 29.0 Å². The number of ether oxygens (including phenoxy) is 1. The lowest BCUT2D eigenvalue weighted by molar-refractivity contribution is -0.144. The van der Waals surface area contributed by atoms with Crippen LogP contribution in [-0.4, -0.2) is 27.7 Å². The van der Waals surface area contributed by atoms with E-state index in [4.69, 9.17) is 4.74 Å². The minimum absolute atomic E-state index is 0.0789. The molecule has 1 aromatic heterocycles. The second-order valence-corrected chi connectivity index (χ2v) is 4.46. The van der Waals surface area contributed by atoms with Crippen molar-refractivity contribution in [3.63, 3.8) is 0 Å². The Morgan fingerprint density at radius 1 is 1.43 bits per heavy atom. The highest BCUT2D eigenvalue weighted by molar-refractivity contribution is 6.02. The predicted molar refractivity (Wildman–Crippen MR) is 68.0 cm³/mol. The molecule has 2 N–H and O–H groups in total. The molecule has 0 saturated carbocycles. The third-order valence-electron chi connectivity index (χ3n) is 2.79. The molecule has 1 aromatic carbocycles. The number of halogens is 3. The van der Waals surface area contributed by atoms with Crippen LogP contribution in [0, 0.1) is 0 Å². The minimum atomic E-state index is -4.67. The summed E-state index contributed by atoms with van der Waals surface area (Å²) in [6.45, 7) is 2.06. The Morgan fingerprint density at radius 2 is 2.14 bits per heavy atom. The van der Waals surface area contributed by atoms with Gasteiger partial charge in [-0.15, -0.1) is 0 Å². The van der Waals surface area contributed by atoms with Crippen LogP contribution in [-0.2, 0) is 10.9 Å². The molecule has 0 atom stereocenters. The average Bonchev–Trinajstić information content (AvgIpc) is 2.81. The summed E-state index contributed by atoms with van der Waals surface area (Å²) in [5, 5.41) is 9.51. The Balaban J connectivity index is 2.42. The molecule has 0 bridgehead atoms. The number of hydrogen-bond donors (Lipinski definition) is 2. The monoisotopic (exact) mass is 302 g/mol. The van der Waals surface area contributed by atoms with Crippen molar-refractivity contribution in [3.8, 4) is 5.75 Å². The molecule has 0 amide bonds. The van der Waals surface area contributed by atoms with Crippen molar-refractivity contribution in [3.05, 3.63) is 23.5 Å². The molecule has 5 nitrogen and oxygen atoms in total. The number of unbranched alkanes of at least 4 members (excludes halogenated alkanes) is 1. The highest BCUT2D eigenvalue weighted by Gasteiger charge is 2.35. The van der Waals surface area contributed by atoms with Gasteiger partial charge in [-0.25, -0.2) is 9.78 Å². The van der Waals surface area contributed by atoms with E-state index in [9.17, 15) is 23.1 Å². The number of phenolic OH excluding ortho intramolecular Hbond substituents is 1. The number of hydrogen-bond acceptors (Lipinski definition) is 4. The van der Waals surface area contributed by atoms with Gasteiger partial charge in [0.2, 0.25) is 5.82 Å². The maximum Gasteiger partial charge on any atom is 0.449 e. The lowest BCUT2D eigenvalue weighted by atomic mass is 10.1. The molecule has 0 radical (unpaired) electrons. The number of imidazole rings is 1. The third-order valence-corrected chi connectivity index (χ3v) is 2.79. The van der Waals surface area contributed by atoms with E-state index in [1.165, 1.54) is 0 Å². The highest BCUT2D eigenvalue weighted by Crippen LogP contribution is 2.31. The van der Waals surface area contributed by atoms with Gasteiger partial charge in [0.05, 0.1) is 17.7 Å². The Bertz CT molecular complexity index is 664. The summed E-state index contributed by atoms with van der Waals surface area (Å²) < 4.78 is 42.8. The molecule has 1 heterocycles. The first-order valence-corrected chi connectivity index (χ1v) is 6.30. The molecule has 0 unspecified atom stereocenters. The van der Waals surface area contributed by atoms with Crippen molar-refractivity contribution in [2.45, 2.75) is 25.9 Å².